The molecule has 0 aliphatic heterocycles. The normalized spacial score (nSPS) is 10.7. The molecule has 2 N–H and O–H groups in total. The molecule has 2 amide bonds. The Labute approximate surface area is 194 Å². The van der Waals surface area contributed by atoms with Crippen LogP contribution in [-0.4, -0.2) is 29.7 Å². The predicted molar refractivity (Wildman–Crippen MR) is 131 cm³/mol. The minimum absolute atomic E-state index is 0.117. The molecule has 4 aromatic rings. The molecule has 1 aromatic heterocycles. The van der Waals surface area contributed by atoms with Gasteiger partial charge < -0.3 is 15.4 Å². The van der Waals surface area contributed by atoms with E-state index in [1.807, 2.05) is 61.5 Å². The van der Waals surface area contributed by atoms with Gasteiger partial charge in [-0.25, -0.2) is 4.98 Å². The number of rotatable bonds is 7. The van der Waals surface area contributed by atoms with Crippen molar-refractivity contribution in [2.75, 3.05) is 23.5 Å². The Hall–Kier alpha value is -3.36. The van der Waals surface area contributed by atoms with Gasteiger partial charge >= 0.3 is 0 Å². The summed E-state index contributed by atoms with van der Waals surface area (Å²) in [5.74, 6) is 0.662. The summed E-state index contributed by atoms with van der Waals surface area (Å²) in [6.45, 7) is 1.95. The first-order chi connectivity index (χ1) is 15.5. The van der Waals surface area contributed by atoms with E-state index in [-0.39, 0.29) is 17.6 Å². The molecular weight excluding hydrogens is 442 g/mol. The lowest BCUT2D eigenvalue weighted by Gasteiger charge is -2.06. The third kappa shape index (κ3) is 5.46. The fourth-order valence-electron chi connectivity index (χ4n) is 3.06. The summed E-state index contributed by atoms with van der Waals surface area (Å²) < 4.78 is 6.91. The summed E-state index contributed by atoms with van der Waals surface area (Å²) in [7, 11) is 1.59. The van der Waals surface area contributed by atoms with Crippen LogP contribution >= 0.6 is 23.1 Å². The second-order valence-corrected chi connectivity index (χ2v) is 9.31. The lowest BCUT2D eigenvalue weighted by Crippen LogP contribution is -2.13. The number of ether oxygens (including phenoxy) is 1. The third-order valence-corrected chi connectivity index (χ3v) is 6.75. The maximum Gasteiger partial charge on any atom is 0.255 e. The zero-order valence-corrected chi connectivity index (χ0v) is 19.2. The van der Waals surface area contributed by atoms with Crippen LogP contribution in [-0.2, 0) is 4.79 Å². The number of methoxy groups -OCH3 is 1. The highest BCUT2D eigenvalue weighted by molar-refractivity contribution is 8.01. The van der Waals surface area contributed by atoms with Gasteiger partial charge in [-0.05, 0) is 49.4 Å². The second kappa shape index (κ2) is 9.84. The minimum atomic E-state index is -0.152. The number of fused-ring (bicyclic) bond motifs is 1. The molecule has 0 radical (unpaired) electrons. The van der Waals surface area contributed by atoms with Crippen LogP contribution in [0.3, 0.4) is 0 Å². The van der Waals surface area contributed by atoms with E-state index >= 15 is 0 Å². The summed E-state index contributed by atoms with van der Waals surface area (Å²) in [5, 5.41) is 5.79. The van der Waals surface area contributed by atoms with Crippen molar-refractivity contribution in [3.63, 3.8) is 0 Å². The molecule has 0 unspecified atom stereocenters. The number of carbonyl (C=O) groups excluding carboxylic acids is 2. The number of amides is 2. The van der Waals surface area contributed by atoms with E-state index in [0.29, 0.717) is 22.7 Å². The average Bonchev–Trinajstić information content (AvgIpc) is 3.20. The SMILES string of the molecule is COc1cccc(NC(=O)CSc2nc3ccc(NC(=O)c4cccc(C)c4)cc3s2)c1. The van der Waals surface area contributed by atoms with Crippen LogP contribution < -0.4 is 15.4 Å². The van der Waals surface area contributed by atoms with Crippen LogP contribution in [0.5, 0.6) is 5.75 Å². The summed E-state index contributed by atoms with van der Waals surface area (Å²) in [6, 6.07) is 20.3. The number of thiazole rings is 1. The largest absolute Gasteiger partial charge is 0.497 e. The summed E-state index contributed by atoms with van der Waals surface area (Å²) in [4.78, 5) is 29.4. The van der Waals surface area contributed by atoms with Crippen LogP contribution in [0.25, 0.3) is 10.2 Å². The molecule has 0 saturated heterocycles. The number of aromatic nitrogens is 1. The van der Waals surface area contributed by atoms with Crippen LogP contribution in [0.2, 0.25) is 0 Å². The topological polar surface area (TPSA) is 80.3 Å². The van der Waals surface area contributed by atoms with Crippen molar-refractivity contribution in [2.24, 2.45) is 0 Å². The number of thioether (sulfide) groups is 1. The summed E-state index contributed by atoms with van der Waals surface area (Å²) in [6.07, 6.45) is 0. The first-order valence-corrected chi connectivity index (χ1v) is 11.7. The molecule has 0 aliphatic rings. The van der Waals surface area contributed by atoms with Crippen LogP contribution in [0.4, 0.5) is 11.4 Å². The molecule has 0 aliphatic carbocycles. The fourth-order valence-corrected chi connectivity index (χ4v) is 4.97. The quantitative estimate of drug-likeness (QED) is 0.349. The molecule has 1 heterocycles. The first kappa shape index (κ1) is 21.9. The van der Waals surface area contributed by atoms with Gasteiger partial charge in [0.1, 0.15) is 5.75 Å². The Kier molecular flexibility index (Phi) is 6.72. The second-order valence-electron chi connectivity index (χ2n) is 7.05. The van der Waals surface area contributed by atoms with Gasteiger partial charge in [0.25, 0.3) is 5.91 Å². The highest BCUT2D eigenvalue weighted by atomic mass is 32.2. The van der Waals surface area contributed by atoms with E-state index in [0.717, 1.165) is 20.1 Å². The zero-order chi connectivity index (χ0) is 22.5. The number of benzene rings is 3. The maximum atomic E-state index is 12.5. The molecule has 0 spiro atoms. The molecule has 0 saturated carbocycles. The van der Waals surface area contributed by atoms with Crippen molar-refractivity contribution in [1.82, 2.24) is 4.98 Å². The Balaban J connectivity index is 1.38. The number of hydrogen-bond acceptors (Lipinski definition) is 6. The van der Waals surface area contributed by atoms with Gasteiger partial charge in [0.2, 0.25) is 5.91 Å². The monoisotopic (exact) mass is 463 g/mol. The van der Waals surface area contributed by atoms with Crippen LogP contribution in [0, 0.1) is 6.92 Å². The number of nitrogens with zero attached hydrogens (tertiary/aromatic N) is 1. The van der Waals surface area contributed by atoms with Gasteiger partial charge in [-0.2, -0.15) is 0 Å². The molecule has 162 valence electrons. The van der Waals surface area contributed by atoms with Gasteiger partial charge in [0, 0.05) is 23.0 Å². The van der Waals surface area contributed by atoms with Gasteiger partial charge in [0.05, 0.1) is 23.1 Å². The highest BCUT2D eigenvalue weighted by Gasteiger charge is 2.11. The fraction of sp³-hybridized carbons (Fsp3) is 0.125. The maximum absolute atomic E-state index is 12.5. The van der Waals surface area contributed by atoms with E-state index in [1.54, 1.807) is 19.2 Å². The van der Waals surface area contributed by atoms with E-state index in [1.165, 1.54) is 23.1 Å². The van der Waals surface area contributed by atoms with Crippen molar-refractivity contribution in [3.05, 3.63) is 77.9 Å². The van der Waals surface area contributed by atoms with E-state index in [2.05, 4.69) is 15.6 Å². The van der Waals surface area contributed by atoms with Crippen molar-refractivity contribution >= 4 is 56.5 Å². The molecule has 0 atom stereocenters. The molecule has 0 fully saturated rings. The minimum Gasteiger partial charge on any atom is -0.497 e. The van der Waals surface area contributed by atoms with Crippen LogP contribution in [0.1, 0.15) is 15.9 Å². The van der Waals surface area contributed by atoms with Crippen LogP contribution in [0.15, 0.2) is 71.1 Å². The van der Waals surface area contributed by atoms with E-state index < -0.39 is 0 Å². The Morgan fingerprint density at radius 2 is 1.81 bits per heavy atom. The Morgan fingerprint density at radius 3 is 2.62 bits per heavy atom. The molecule has 4 rings (SSSR count). The lowest BCUT2D eigenvalue weighted by molar-refractivity contribution is -0.113. The summed E-state index contributed by atoms with van der Waals surface area (Å²) >= 11 is 2.87. The van der Waals surface area contributed by atoms with E-state index in [4.69, 9.17) is 4.74 Å². The lowest BCUT2D eigenvalue weighted by atomic mass is 10.1. The number of carbonyl (C=O) groups is 2. The molecule has 6 nitrogen and oxygen atoms in total. The standard InChI is InChI=1S/C24H21N3O3S2/c1-15-5-3-6-16(11-15)23(29)26-18-9-10-20-21(13-18)32-24(27-20)31-14-22(28)25-17-7-4-8-19(12-17)30-2/h3-13H,14H2,1-2H3,(H,25,28)(H,26,29). The number of aryl methyl sites for hydroxylation is 1. The number of hydrogen-bond donors (Lipinski definition) is 2. The third-order valence-electron chi connectivity index (χ3n) is 4.59. The molecule has 8 heteroatoms. The van der Waals surface area contributed by atoms with Gasteiger partial charge in [0.15, 0.2) is 4.34 Å². The zero-order valence-electron chi connectivity index (χ0n) is 17.5. The average molecular weight is 464 g/mol. The number of anilines is 2. The highest BCUT2D eigenvalue weighted by Crippen LogP contribution is 2.31. The van der Waals surface area contributed by atoms with Crippen molar-refractivity contribution in [3.8, 4) is 5.75 Å². The van der Waals surface area contributed by atoms with Crippen molar-refractivity contribution in [2.45, 2.75) is 11.3 Å². The Morgan fingerprint density at radius 1 is 1.00 bits per heavy atom. The van der Waals surface area contributed by atoms with Gasteiger partial charge in [-0.3, -0.25) is 9.59 Å². The van der Waals surface area contributed by atoms with Crippen molar-refractivity contribution < 1.29 is 14.3 Å². The smallest absolute Gasteiger partial charge is 0.255 e. The predicted octanol–water partition coefficient (Wildman–Crippen LogP) is 5.60. The molecule has 32 heavy (non-hydrogen) atoms. The van der Waals surface area contributed by atoms with Gasteiger partial charge in [-0.1, -0.05) is 35.5 Å². The van der Waals surface area contributed by atoms with Gasteiger partial charge in [-0.15, -0.1) is 11.3 Å². The molecule has 3 aromatic carbocycles. The van der Waals surface area contributed by atoms with Crippen molar-refractivity contribution in [1.29, 1.82) is 0 Å². The molecular formula is C24H21N3O3S2. The summed E-state index contributed by atoms with van der Waals surface area (Å²) in [5.41, 5.74) is 3.88. The molecule has 0 bridgehead atoms. The van der Waals surface area contributed by atoms with E-state index in [9.17, 15) is 9.59 Å². The number of nitrogens with one attached hydrogen (secondary N) is 2. The first-order valence-electron chi connectivity index (χ1n) is 9.85. The Bertz CT molecular complexity index is 1290.